The number of carbonyl (C=O) groups is 2. The predicted octanol–water partition coefficient (Wildman–Crippen LogP) is 0.530. The lowest BCUT2D eigenvalue weighted by Crippen LogP contribution is -2.55. The van der Waals surface area contributed by atoms with Gasteiger partial charge >= 0.3 is 6.09 Å². The Hall–Kier alpha value is -4.96. The number of sulfonamides is 1. The van der Waals surface area contributed by atoms with E-state index in [0.717, 1.165) is 5.56 Å². The average Bonchev–Trinajstić information content (AvgIpc) is 3.11. The number of amides is 2. The van der Waals surface area contributed by atoms with Crippen molar-refractivity contribution in [2.45, 2.75) is 37.3 Å². The molecule has 20 nitrogen and oxygen atoms in total. The summed E-state index contributed by atoms with van der Waals surface area (Å²) in [6, 6.07) is 11.0. The smallest absolute Gasteiger partial charge is 0.407 e. The molecule has 0 unspecified atom stereocenters. The van der Waals surface area contributed by atoms with Gasteiger partial charge in [0.2, 0.25) is 15.9 Å². The highest BCUT2D eigenvalue weighted by Crippen LogP contribution is 2.15. The van der Waals surface area contributed by atoms with Gasteiger partial charge in [-0.1, -0.05) is 17.6 Å². The number of guanidine groups is 1. The Balaban J connectivity index is 1.32. The summed E-state index contributed by atoms with van der Waals surface area (Å²) in [4.78, 5) is 53.7. The van der Waals surface area contributed by atoms with Crippen molar-refractivity contribution >= 4 is 33.7 Å². The summed E-state index contributed by atoms with van der Waals surface area (Å²) in [7, 11) is -4.03. The number of alkyl carbamates (subject to hydrolysis) is 1. The first-order valence-corrected chi connectivity index (χ1v) is 17.9. The van der Waals surface area contributed by atoms with Crippen molar-refractivity contribution in [1.29, 1.82) is 0 Å². The number of hydrogen-bond donors (Lipinski definition) is 4. The summed E-state index contributed by atoms with van der Waals surface area (Å²) in [6.45, 7) is 5.82. The zero-order chi connectivity index (χ0) is 37.9. The fourth-order valence-corrected chi connectivity index (χ4v) is 6.29. The lowest BCUT2D eigenvalue weighted by molar-refractivity contribution is -0.525. The first kappa shape index (κ1) is 41.5. The summed E-state index contributed by atoms with van der Waals surface area (Å²) in [5.74, 6) is -0.773. The summed E-state index contributed by atoms with van der Waals surface area (Å²) in [5.41, 5.74) is 8.50. The molecule has 0 bridgehead atoms. The van der Waals surface area contributed by atoms with E-state index in [1.54, 1.807) is 29.4 Å². The zero-order valence-corrected chi connectivity index (χ0v) is 29.6. The maximum Gasteiger partial charge on any atom is 0.407 e. The second-order valence-corrected chi connectivity index (χ2v) is 13.3. The van der Waals surface area contributed by atoms with Crippen LogP contribution in [0.2, 0.25) is 0 Å². The number of hydrogen-bond acceptors (Lipinski definition) is 13. The molecule has 1 aliphatic heterocycles. The molecular formula is C31H45N9O11S. The van der Waals surface area contributed by atoms with Gasteiger partial charge in [-0.2, -0.15) is 4.72 Å². The summed E-state index contributed by atoms with van der Waals surface area (Å²) in [5, 5.41) is 22.9. The van der Waals surface area contributed by atoms with Crippen LogP contribution in [0.5, 0.6) is 0 Å². The molecule has 286 valence electrons. The molecule has 52 heavy (non-hydrogen) atoms. The molecule has 1 saturated heterocycles. The largest absolute Gasteiger partial charge is 0.445 e. The predicted molar refractivity (Wildman–Crippen MR) is 187 cm³/mol. The van der Waals surface area contributed by atoms with E-state index in [0.29, 0.717) is 58.1 Å². The molecule has 2 amide bonds. The van der Waals surface area contributed by atoms with E-state index in [2.05, 4.69) is 19.9 Å². The van der Waals surface area contributed by atoms with Gasteiger partial charge in [-0.15, -0.1) is 0 Å². The van der Waals surface area contributed by atoms with Gasteiger partial charge in [0.25, 0.3) is 11.6 Å². The van der Waals surface area contributed by atoms with E-state index in [1.165, 1.54) is 36.4 Å². The number of nitrogens with two attached hydrogens (primary N) is 1. The normalized spacial score (nSPS) is 14.4. The molecule has 2 aromatic carbocycles. The van der Waals surface area contributed by atoms with Crippen LogP contribution in [-0.4, -0.2) is 124 Å². The third-order valence-electron chi connectivity index (χ3n) is 7.67. The van der Waals surface area contributed by atoms with Gasteiger partial charge in [-0.25, -0.2) is 28.3 Å². The van der Waals surface area contributed by atoms with Crippen LogP contribution >= 0.6 is 0 Å². The highest BCUT2D eigenvalue weighted by Gasteiger charge is 2.31. The number of aliphatic imine (C=N–C) groups is 1. The number of nitrogens with zero attached hydrogens (tertiary/aromatic N) is 5. The van der Waals surface area contributed by atoms with Crippen molar-refractivity contribution in [2.24, 2.45) is 10.7 Å². The van der Waals surface area contributed by atoms with Gasteiger partial charge in [0, 0.05) is 57.9 Å². The molecule has 5 N–H and O–H groups in total. The van der Waals surface area contributed by atoms with E-state index < -0.39 is 38.1 Å². The Morgan fingerprint density at radius 3 is 2.35 bits per heavy atom. The standard InChI is InChI=1S/C31H45N9O11S/c1-24-4-2-5-27(22-24)52(47,48)36-28(6-3-11-33-30(32)35-40(45)46)29(41)38-15-13-37(14-16-38)17-19-50-21-20-49-18-12-34-31(42)51-23-25-7-9-26(10-8-25)39(43)44/h2,4-5,7-10,22,28,36H,3,6,11-21,23H2,1H3,(H,34,42)(H3,32,33,35)/t28-/m0/s1. The molecule has 0 saturated carbocycles. The number of rotatable bonds is 21. The van der Waals surface area contributed by atoms with Crippen LogP contribution in [0.25, 0.3) is 0 Å². The second-order valence-electron chi connectivity index (χ2n) is 11.6. The van der Waals surface area contributed by atoms with Crippen molar-refractivity contribution in [1.82, 2.24) is 25.3 Å². The Morgan fingerprint density at radius 1 is 1.00 bits per heavy atom. The van der Waals surface area contributed by atoms with Gasteiger partial charge in [0.15, 0.2) is 5.03 Å². The number of benzene rings is 2. The van der Waals surface area contributed by atoms with Crippen LogP contribution < -0.4 is 21.2 Å². The van der Waals surface area contributed by atoms with E-state index in [4.69, 9.17) is 19.9 Å². The Bertz CT molecular complexity index is 1620. The van der Waals surface area contributed by atoms with Gasteiger partial charge in [-0.05, 0) is 55.2 Å². The molecule has 3 rings (SSSR count). The number of ether oxygens (including phenoxy) is 3. The molecule has 2 aromatic rings. The molecule has 0 aromatic heterocycles. The van der Waals surface area contributed by atoms with Crippen LogP contribution in [-0.2, 0) is 35.6 Å². The molecule has 21 heteroatoms. The van der Waals surface area contributed by atoms with Crippen LogP contribution in [0.3, 0.4) is 0 Å². The molecule has 0 radical (unpaired) electrons. The lowest BCUT2D eigenvalue weighted by atomic mass is 10.1. The summed E-state index contributed by atoms with van der Waals surface area (Å²) >= 11 is 0. The highest BCUT2D eigenvalue weighted by atomic mass is 32.2. The van der Waals surface area contributed by atoms with Crippen molar-refractivity contribution in [2.75, 3.05) is 72.2 Å². The second kappa shape index (κ2) is 21.4. The SMILES string of the molecule is Cc1cccc(S(=O)(=O)N[C@@H](CCCN=C(N)N[N+](=O)[O-])C(=O)N2CCN(CCOCCOCCNC(=O)OCc3ccc([N+](=O)[O-])cc3)CC2)c1. The first-order valence-electron chi connectivity index (χ1n) is 16.4. The lowest BCUT2D eigenvalue weighted by Gasteiger charge is -2.36. The minimum Gasteiger partial charge on any atom is -0.445 e. The first-order chi connectivity index (χ1) is 24.8. The number of piperazine rings is 1. The number of non-ortho nitro benzene ring substituents is 1. The van der Waals surface area contributed by atoms with Crippen molar-refractivity contribution in [3.63, 3.8) is 0 Å². The monoisotopic (exact) mass is 751 g/mol. The summed E-state index contributed by atoms with van der Waals surface area (Å²) < 4.78 is 45.1. The van der Waals surface area contributed by atoms with Crippen LogP contribution in [0.15, 0.2) is 58.4 Å². The number of hydrazine groups is 1. The minimum atomic E-state index is -4.03. The van der Waals surface area contributed by atoms with Gasteiger partial charge < -0.3 is 30.2 Å². The minimum absolute atomic E-state index is 0.0261. The van der Waals surface area contributed by atoms with Crippen molar-refractivity contribution in [3.05, 3.63) is 79.9 Å². The molecule has 1 fully saturated rings. The molecule has 0 aliphatic carbocycles. The third kappa shape index (κ3) is 15.1. The average molecular weight is 752 g/mol. The zero-order valence-electron chi connectivity index (χ0n) is 28.8. The van der Waals surface area contributed by atoms with Crippen molar-refractivity contribution in [3.8, 4) is 0 Å². The molecule has 1 heterocycles. The number of nitrogens with one attached hydrogen (secondary N) is 3. The quantitative estimate of drug-likeness (QED) is 0.0446. The Morgan fingerprint density at radius 2 is 1.69 bits per heavy atom. The van der Waals surface area contributed by atoms with E-state index in [1.807, 2.05) is 0 Å². The maximum atomic E-state index is 13.6. The number of nitro benzene ring substituents is 1. The number of nitro groups is 2. The molecular weight excluding hydrogens is 706 g/mol. The van der Waals surface area contributed by atoms with Crippen LogP contribution in [0.1, 0.15) is 24.0 Å². The molecule has 1 atom stereocenters. The molecule has 1 aliphatic rings. The van der Waals surface area contributed by atoms with Gasteiger partial charge in [-0.3, -0.25) is 19.8 Å². The van der Waals surface area contributed by atoms with E-state index in [-0.39, 0.29) is 55.6 Å². The Labute approximate surface area is 301 Å². The third-order valence-corrected chi connectivity index (χ3v) is 9.14. The van der Waals surface area contributed by atoms with Crippen LogP contribution in [0, 0.1) is 27.2 Å². The van der Waals surface area contributed by atoms with E-state index >= 15 is 0 Å². The van der Waals surface area contributed by atoms with E-state index in [9.17, 15) is 38.2 Å². The van der Waals surface area contributed by atoms with Gasteiger partial charge in [0.1, 0.15) is 12.6 Å². The summed E-state index contributed by atoms with van der Waals surface area (Å²) in [6.07, 6.45) is -0.303. The van der Waals surface area contributed by atoms with Gasteiger partial charge in [0.05, 0.1) is 36.2 Å². The molecule has 0 spiro atoms. The number of carbonyl (C=O) groups excluding carboxylic acids is 2. The van der Waals surface area contributed by atoms with Crippen molar-refractivity contribution < 1.29 is 42.2 Å². The Kier molecular flexibility index (Phi) is 17.1. The fraction of sp³-hybridized carbons (Fsp3) is 0.516. The number of aryl methyl sites for hydroxylation is 1. The topological polar surface area (TPSA) is 263 Å². The highest BCUT2D eigenvalue weighted by molar-refractivity contribution is 7.89. The fourth-order valence-electron chi connectivity index (χ4n) is 4.96. The maximum absolute atomic E-state index is 13.6. The van der Waals surface area contributed by atoms with Crippen LogP contribution in [0.4, 0.5) is 10.5 Å².